The van der Waals surface area contributed by atoms with Crippen LogP contribution < -0.4 is 10.2 Å². The van der Waals surface area contributed by atoms with Gasteiger partial charge in [0.05, 0.1) is 16.8 Å². The highest BCUT2D eigenvalue weighted by molar-refractivity contribution is 6.02. The Balaban J connectivity index is 1.60. The van der Waals surface area contributed by atoms with Gasteiger partial charge in [-0.3, -0.25) is 5.10 Å². The molecule has 5 rings (SSSR count). The molecule has 0 radical (unpaired) electrons. The SMILES string of the molecule is c1cc(N2CCC3(CCCN3)C2)c2c(-c3cc[nH]n3)c[nH]c2n1. The van der Waals surface area contributed by atoms with Crippen molar-refractivity contribution in [1.29, 1.82) is 0 Å². The maximum atomic E-state index is 4.50. The molecule has 3 N–H and O–H groups in total. The Labute approximate surface area is 134 Å². The lowest BCUT2D eigenvalue weighted by molar-refractivity contribution is 0.419. The van der Waals surface area contributed by atoms with Crippen molar-refractivity contribution in [2.45, 2.75) is 24.8 Å². The number of nitrogens with one attached hydrogen (secondary N) is 3. The highest BCUT2D eigenvalue weighted by Crippen LogP contribution is 2.38. The van der Waals surface area contributed by atoms with E-state index in [1.54, 1.807) is 0 Å². The molecule has 1 atom stereocenters. The lowest BCUT2D eigenvalue weighted by Gasteiger charge is -2.25. The Morgan fingerprint density at radius 3 is 3.04 bits per heavy atom. The second kappa shape index (κ2) is 4.83. The van der Waals surface area contributed by atoms with Crippen molar-refractivity contribution in [3.63, 3.8) is 0 Å². The van der Waals surface area contributed by atoms with E-state index in [0.29, 0.717) is 5.54 Å². The summed E-state index contributed by atoms with van der Waals surface area (Å²) in [5, 5.41) is 12.2. The molecule has 2 saturated heterocycles. The Hall–Kier alpha value is -2.34. The fourth-order valence-corrected chi connectivity index (χ4v) is 4.21. The van der Waals surface area contributed by atoms with E-state index in [4.69, 9.17) is 0 Å². The number of anilines is 1. The van der Waals surface area contributed by atoms with Crippen molar-refractivity contribution in [3.8, 4) is 11.3 Å². The van der Waals surface area contributed by atoms with E-state index in [-0.39, 0.29) is 0 Å². The number of fused-ring (bicyclic) bond motifs is 1. The van der Waals surface area contributed by atoms with Crippen LogP contribution in [0, 0.1) is 0 Å². The number of H-pyrrole nitrogens is 2. The predicted octanol–water partition coefficient (Wildman–Crippen LogP) is 2.29. The van der Waals surface area contributed by atoms with Crippen molar-refractivity contribution >= 4 is 16.7 Å². The molecule has 23 heavy (non-hydrogen) atoms. The molecule has 0 saturated carbocycles. The van der Waals surface area contributed by atoms with Gasteiger partial charge < -0.3 is 15.2 Å². The minimum Gasteiger partial charge on any atom is -0.369 e. The Morgan fingerprint density at radius 2 is 2.22 bits per heavy atom. The molecule has 6 nitrogen and oxygen atoms in total. The molecule has 0 aliphatic carbocycles. The minimum absolute atomic E-state index is 0.318. The molecular formula is C17H20N6. The first-order valence-corrected chi connectivity index (χ1v) is 8.31. The number of hydrogen-bond acceptors (Lipinski definition) is 4. The predicted molar refractivity (Wildman–Crippen MR) is 90.5 cm³/mol. The summed E-state index contributed by atoms with van der Waals surface area (Å²) in [5.74, 6) is 0. The maximum Gasteiger partial charge on any atom is 0.140 e. The molecule has 3 aromatic heterocycles. The van der Waals surface area contributed by atoms with Crippen molar-refractivity contribution in [2.75, 3.05) is 24.5 Å². The van der Waals surface area contributed by atoms with E-state index < -0.39 is 0 Å². The quantitative estimate of drug-likeness (QED) is 0.679. The Kier molecular flexibility index (Phi) is 2.76. The monoisotopic (exact) mass is 308 g/mol. The van der Waals surface area contributed by atoms with Gasteiger partial charge in [-0.15, -0.1) is 0 Å². The Bertz CT molecular complexity index is 828. The molecular weight excluding hydrogens is 288 g/mol. The van der Waals surface area contributed by atoms with Gasteiger partial charge in [-0.25, -0.2) is 4.98 Å². The fourth-order valence-electron chi connectivity index (χ4n) is 4.21. The van der Waals surface area contributed by atoms with Crippen LogP contribution in [0.4, 0.5) is 5.69 Å². The van der Waals surface area contributed by atoms with Crippen molar-refractivity contribution in [2.24, 2.45) is 0 Å². The summed E-state index contributed by atoms with van der Waals surface area (Å²) in [5.41, 5.74) is 4.59. The zero-order chi connectivity index (χ0) is 15.3. The third-order valence-corrected chi connectivity index (χ3v) is 5.35. The maximum absolute atomic E-state index is 4.50. The summed E-state index contributed by atoms with van der Waals surface area (Å²) in [6.45, 7) is 3.33. The first kappa shape index (κ1) is 13.1. The van der Waals surface area contributed by atoms with E-state index in [9.17, 15) is 0 Å². The summed E-state index contributed by atoms with van der Waals surface area (Å²) in [6, 6.07) is 4.14. The average Bonchev–Trinajstić information content (AvgIpc) is 3.36. The van der Waals surface area contributed by atoms with E-state index >= 15 is 0 Å². The smallest absolute Gasteiger partial charge is 0.140 e. The molecule has 0 bridgehead atoms. The number of hydrogen-bond donors (Lipinski definition) is 3. The first-order valence-electron chi connectivity index (χ1n) is 8.31. The van der Waals surface area contributed by atoms with Crippen LogP contribution in [0.25, 0.3) is 22.3 Å². The van der Waals surface area contributed by atoms with E-state index in [2.05, 4.69) is 36.4 Å². The normalized spacial score (nSPS) is 24.3. The molecule has 0 amide bonds. The van der Waals surface area contributed by atoms with Crippen LogP contribution in [-0.4, -0.2) is 45.3 Å². The van der Waals surface area contributed by atoms with Gasteiger partial charge in [-0.1, -0.05) is 0 Å². The largest absolute Gasteiger partial charge is 0.369 e. The zero-order valence-electron chi connectivity index (χ0n) is 13.0. The number of pyridine rings is 1. The number of aromatic nitrogens is 4. The Morgan fingerprint density at radius 1 is 1.22 bits per heavy atom. The van der Waals surface area contributed by atoms with Crippen molar-refractivity contribution in [1.82, 2.24) is 25.5 Å². The highest BCUT2D eigenvalue weighted by Gasteiger charge is 2.40. The summed E-state index contributed by atoms with van der Waals surface area (Å²) in [7, 11) is 0. The fraction of sp³-hybridized carbons (Fsp3) is 0.412. The van der Waals surface area contributed by atoms with Crippen molar-refractivity contribution in [3.05, 3.63) is 30.7 Å². The zero-order valence-corrected chi connectivity index (χ0v) is 13.0. The van der Waals surface area contributed by atoms with Gasteiger partial charge in [0.25, 0.3) is 0 Å². The molecule has 1 unspecified atom stereocenters. The third-order valence-electron chi connectivity index (χ3n) is 5.35. The van der Waals surface area contributed by atoms with Crippen LogP contribution in [0.2, 0.25) is 0 Å². The van der Waals surface area contributed by atoms with Crippen LogP contribution in [0.5, 0.6) is 0 Å². The molecule has 0 aromatic carbocycles. The molecule has 6 heteroatoms. The van der Waals surface area contributed by atoms with Gasteiger partial charge in [0, 0.05) is 42.8 Å². The summed E-state index contributed by atoms with van der Waals surface area (Å²) >= 11 is 0. The summed E-state index contributed by atoms with van der Waals surface area (Å²) in [6.07, 6.45) is 9.57. The van der Waals surface area contributed by atoms with Crippen LogP contribution in [-0.2, 0) is 0 Å². The van der Waals surface area contributed by atoms with Gasteiger partial charge in [0.1, 0.15) is 5.65 Å². The summed E-state index contributed by atoms with van der Waals surface area (Å²) in [4.78, 5) is 10.3. The second-order valence-electron chi connectivity index (χ2n) is 6.70. The van der Waals surface area contributed by atoms with E-state index in [1.807, 2.05) is 24.7 Å². The molecule has 2 fully saturated rings. The standard InChI is InChI=1S/C17H20N6/c1-4-17(20-6-1)5-9-23(11-17)14-3-7-18-16-15(14)12(10-19-16)13-2-8-21-22-13/h2-3,7-8,10,20H,1,4-6,9,11H2,(H,18,19)(H,21,22). The number of nitrogens with zero attached hydrogens (tertiary/aromatic N) is 3. The molecule has 2 aliphatic heterocycles. The number of aromatic amines is 2. The second-order valence-corrected chi connectivity index (χ2v) is 6.70. The molecule has 2 aliphatic rings. The lowest BCUT2D eigenvalue weighted by atomic mass is 9.97. The van der Waals surface area contributed by atoms with Crippen LogP contribution >= 0.6 is 0 Å². The van der Waals surface area contributed by atoms with E-state index in [1.165, 1.54) is 30.3 Å². The molecule has 118 valence electrons. The van der Waals surface area contributed by atoms with Gasteiger partial charge in [-0.05, 0) is 37.9 Å². The lowest BCUT2D eigenvalue weighted by Crippen LogP contribution is -2.42. The van der Waals surface area contributed by atoms with E-state index in [0.717, 1.165) is 36.5 Å². The van der Waals surface area contributed by atoms with Crippen LogP contribution in [0.3, 0.4) is 0 Å². The van der Waals surface area contributed by atoms with Crippen LogP contribution in [0.15, 0.2) is 30.7 Å². The average molecular weight is 308 g/mol. The minimum atomic E-state index is 0.318. The van der Waals surface area contributed by atoms with Crippen molar-refractivity contribution < 1.29 is 0 Å². The summed E-state index contributed by atoms with van der Waals surface area (Å²) < 4.78 is 0. The van der Waals surface area contributed by atoms with Gasteiger partial charge in [0.2, 0.25) is 0 Å². The topological polar surface area (TPSA) is 72.6 Å². The first-order chi connectivity index (χ1) is 11.3. The third kappa shape index (κ3) is 1.98. The van der Waals surface area contributed by atoms with Gasteiger partial charge in [0.15, 0.2) is 0 Å². The van der Waals surface area contributed by atoms with Gasteiger partial charge in [-0.2, -0.15) is 5.10 Å². The highest BCUT2D eigenvalue weighted by atomic mass is 15.2. The van der Waals surface area contributed by atoms with Crippen LogP contribution in [0.1, 0.15) is 19.3 Å². The number of rotatable bonds is 2. The molecule has 1 spiro atoms. The molecule has 3 aromatic rings. The van der Waals surface area contributed by atoms with Gasteiger partial charge >= 0.3 is 0 Å². The molecule has 5 heterocycles.